The standard InChI is InChI=1S/C14H17NO4/c1-8(2)15-10-5-4-6-12(19-3)9(10)7-11(15)13(16)14(17)18/h4-8,13,16H,1-3H3,(H,17,18). The third kappa shape index (κ3) is 2.17. The molecule has 1 aromatic heterocycles. The van der Waals surface area contributed by atoms with Crippen molar-refractivity contribution in [2.24, 2.45) is 0 Å². The Balaban J connectivity index is 2.76. The lowest BCUT2D eigenvalue weighted by Crippen LogP contribution is -2.16. The maximum atomic E-state index is 11.0. The highest BCUT2D eigenvalue weighted by Crippen LogP contribution is 2.33. The third-order valence-electron chi connectivity index (χ3n) is 3.12. The molecule has 5 heteroatoms. The van der Waals surface area contributed by atoms with Gasteiger partial charge in [0.25, 0.3) is 0 Å². The Labute approximate surface area is 111 Å². The number of ether oxygens (including phenoxy) is 1. The molecule has 0 aliphatic rings. The normalized spacial score (nSPS) is 12.9. The summed E-state index contributed by atoms with van der Waals surface area (Å²) in [6.07, 6.45) is -1.54. The number of nitrogens with zero attached hydrogens (tertiary/aromatic N) is 1. The number of carboxylic acids is 1. The summed E-state index contributed by atoms with van der Waals surface area (Å²) in [7, 11) is 1.56. The van der Waals surface area contributed by atoms with Crippen molar-refractivity contribution in [1.29, 1.82) is 0 Å². The molecule has 5 nitrogen and oxygen atoms in total. The van der Waals surface area contributed by atoms with E-state index in [1.54, 1.807) is 13.2 Å². The van der Waals surface area contributed by atoms with Gasteiger partial charge in [0, 0.05) is 11.4 Å². The maximum Gasteiger partial charge on any atom is 0.338 e. The predicted molar refractivity (Wildman–Crippen MR) is 71.5 cm³/mol. The van der Waals surface area contributed by atoms with Crippen LogP contribution in [0.4, 0.5) is 0 Å². The summed E-state index contributed by atoms with van der Waals surface area (Å²) >= 11 is 0. The molecule has 0 amide bonds. The van der Waals surface area contributed by atoms with Crippen LogP contribution in [0, 0.1) is 0 Å². The first-order valence-electron chi connectivity index (χ1n) is 6.06. The van der Waals surface area contributed by atoms with E-state index in [4.69, 9.17) is 9.84 Å². The molecular formula is C14H17NO4. The van der Waals surface area contributed by atoms with Gasteiger partial charge in [0.2, 0.25) is 0 Å². The second-order valence-corrected chi connectivity index (χ2v) is 4.67. The van der Waals surface area contributed by atoms with Crippen molar-refractivity contribution in [3.05, 3.63) is 30.0 Å². The van der Waals surface area contributed by atoms with Crippen LogP contribution >= 0.6 is 0 Å². The first kappa shape index (κ1) is 13.4. The number of methoxy groups -OCH3 is 1. The average Bonchev–Trinajstić information content (AvgIpc) is 2.76. The van der Waals surface area contributed by atoms with Crippen LogP contribution in [0.5, 0.6) is 5.75 Å². The Hall–Kier alpha value is -2.01. The zero-order chi connectivity index (χ0) is 14.2. The van der Waals surface area contributed by atoms with Gasteiger partial charge in [-0.15, -0.1) is 0 Å². The first-order valence-corrected chi connectivity index (χ1v) is 6.06. The van der Waals surface area contributed by atoms with Gasteiger partial charge in [-0.05, 0) is 32.0 Å². The molecule has 0 bridgehead atoms. The summed E-state index contributed by atoms with van der Waals surface area (Å²) < 4.78 is 7.09. The number of benzene rings is 1. The number of aliphatic carboxylic acids is 1. The Morgan fingerprint density at radius 3 is 2.58 bits per heavy atom. The molecule has 0 aliphatic heterocycles. The zero-order valence-electron chi connectivity index (χ0n) is 11.1. The number of aliphatic hydroxyl groups is 1. The fraction of sp³-hybridized carbons (Fsp3) is 0.357. The van der Waals surface area contributed by atoms with Gasteiger partial charge >= 0.3 is 5.97 Å². The lowest BCUT2D eigenvalue weighted by atomic mass is 10.2. The second kappa shape index (κ2) is 4.93. The van der Waals surface area contributed by atoms with Gasteiger partial charge in [-0.1, -0.05) is 6.07 Å². The second-order valence-electron chi connectivity index (χ2n) is 4.67. The van der Waals surface area contributed by atoms with Crippen molar-refractivity contribution in [3.8, 4) is 5.75 Å². The topological polar surface area (TPSA) is 71.7 Å². The van der Waals surface area contributed by atoms with E-state index in [0.29, 0.717) is 11.4 Å². The van der Waals surface area contributed by atoms with E-state index in [-0.39, 0.29) is 6.04 Å². The van der Waals surface area contributed by atoms with Gasteiger partial charge in [-0.2, -0.15) is 0 Å². The van der Waals surface area contributed by atoms with Crippen molar-refractivity contribution >= 4 is 16.9 Å². The molecule has 0 radical (unpaired) electrons. The molecule has 0 fully saturated rings. The highest BCUT2D eigenvalue weighted by Gasteiger charge is 2.24. The Morgan fingerprint density at radius 1 is 1.37 bits per heavy atom. The van der Waals surface area contributed by atoms with Crippen molar-refractivity contribution in [2.75, 3.05) is 7.11 Å². The number of carbonyl (C=O) groups is 1. The molecule has 1 atom stereocenters. The molecular weight excluding hydrogens is 246 g/mol. The highest BCUT2D eigenvalue weighted by molar-refractivity contribution is 5.89. The summed E-state index contributed by atoms with van der Waals surface area (Å²) in [5, 5.41) is 19.6. The smallest absolute Gasteiger partial charge is 0.338 e. The van der Waals surface area contributed by atoms with E-state index < -0.39 is 12.1 Å². The quantitative estimate of drug-likeness (QED) is 0.888. The first-order chi connectivity index (χ1) is 8.97. The van der Waals surface area contributed by atoms with Crippen LogP contribution in [-0.2, 0) is 4.79 Å². The lowest BCUT2D eigenvalue weighted by Gasteiger charge is -2.16. The van der Waals surface area contributed by atoms with E-state index in [0.717, 1.165) is 10.9 Å². The number of carboxylic acid groups (broad SMARTS) is 1. The SMILES string of the molecule is COc1cccc2c1cc(C(O)C(=O)O)n2C(C)C. The molecule has 1 unspecified atom stereocenters. The number of aromatic nitrogens is 1. The third-order valence-corrected chi connectivity index (χ3v) is 3.12. The van der Waals surface area contributed by atoms with E-state index in [1.807, 2.05) is 36.6 Å². The van der Waals surface area contributed by atoms with Crippen LogP contribution in [0.15, 0.2) is 24.3 Å². The van der Waals surface area contributed by atoms with Crippen LogP contribution < -0.4 is 4.74 Å². The Morgan fingerprint density at radius 2 is 2.05 bits per heavy atom. The van der Waals surface area contributed by atoms with Crippen molar-refractivity contribution < 1.29 is 19.7 Å². The summed E-state index contributed by atoms with van der Waals surface area (Å²) in [6.45, 7) is 3.88. The number of hydrogen-bond acceptors (Lipinski definition) is 3. The van der Waals surface area contributed by atoms with Gasteiger partial charge in [-0.25, -0.2) is 4.79 Å². The minimum absolute atomic E-state index is 0.0357. The zero-order valence-corrected chi connectivity index (χ0v) is 11.1. The molecule has 0 saturated carbocycles. The molecule has 1 heterocycles. The number of aliphatic hydroxyl groups excluding tert-OH is 1. The minimum atomic E-state index is -1.54. The van der Waals surface area contributed by atoms with E-state index in [9.17, 15) is 9.90 Å². The predicted octanol–water partition coefficient (Wildman–Crippen LogP) is 2.35. The number of rotatable bonds is 4. The Kier molecular flexibility index (Phi) is 3.48. The van der Waals surface area contributed by atoms with Crippen LogP contribution in [0.25, 0.3) is 10.9 Å². The maximum absolute atomic E-state index is 11.0. The van der Waals surface area contributed by atoms with E-state index in [1.165, 1.54) is 0 Å². The number of fused-ring (bicyclic) bond motifs is 1. The molecule has 2 N–H and O–H groups in total. The molecule has 19 heavy (non-hydrogen) atoms. The molecule has 102 valence electrons. The van der Waals surface area contributed by atoms with Crippen molar-refractivity contribution in [2.45, 2.75) is 26.0 Å². The fourth-order valence-electron chi connectivity index (χ4n) is 2.34. The molecule has 0 saturated heterocycles. The van der Waals surface area contributed by atoms with Crippen LogP contribution in [0.3, 0.4) is 0 Å². The largest absolute Gasteiger partial charge is 0.496 e. The van der Waals surface area contributed by atoms with Gasteiger partial charge in [-0.3, -0.25) is 0 Å². The summed E-state index contributed by atoms with van der Waals surface area (Å²) in [5.74, 6) is -0.598. The molecule has 2 rings (SSSR count). The van der Waals surface area contributed by atoms with Crippen molar-refractivity contribution in [3.63, 3.8) is 0 Å². The molecule has 0 aliphatic carbocycles. The monoisotopic (exact) mass is 263 g/mol. The molecule has 0 spiro atoms. The minimum Gasteiger partial charge on any atom is -0.496 e. The average molecular weight is 263 g/mol. The van der Waals surface area contributed by atoms with Crippen molar-refractivity contribution in [1.82, 2.24) is 4.57 Å². The lowest BCUT2D eigenvalue weighted by molar-refractivity contribution is -0.147. The van der Waals surface area contributed by atoms with Crippen LogP contribution in [0.1, 0.15) is 31.7 Å². The Bertz CT molecular complexity index is 615. The summed E-state index contributed by atoms with van der Waals surface area (Å²) in [4.78, 5) is 11.0. The van der Waals surface area contributed by atoms with Gasteiger partial charge in [0.05, 0.1) is 18.3 Å². The van der Waals surface area contributed by atoms with Gasteiger partial charge in [0.15, 0.2) is 6.10 Å². The summed E-state index contributed by atoms with van der Waals surface area (Å²) in [6, 6.07) is 7.25. The highest BCUT2D eigenvalue weighted by atomic mass is 16.5. The van der Waals surface area contributed by atoms with E-state index >= 15 is 0 Å². The van der Waals surface area contributed by atoms with E-state index in [2.05, 4.69) is 0 Å². The van der Waals surface area contributed by atoms with Gasteiger partial charge in [0.1, 0.15) is 5.75 Å². The molecule has 2 aromatic rings. The fourth-order valence-corrected chi connectivity index (χ4v) is 2.34. The molecule has 1 aromatic carbocycles. The number of hydrogen-bond donors (Lipinski definition) is 2. The van der Waals surface area contributed by atoms with Crippen LogP contribution in [-0.4, -0.2) is 27.9 Å². The summed E-state index contributed by atoms with van der Waals surface area (Å²) in [5.41, 5.74) is 1.21. The van der Waals surface area contributed by atoms with Gasteiger partial charge < -0.3 is 19.5 Å². The van der Waals surface area contributed by atoms with Crippen LogP contribution in [0.2, 0.25) is 0 Å².